The molecular formula is C10H16N4O. The molecule has 0 aliphatic carbocycles. The fourth-order valence-corrected chi connectivity index (χ4v) is 1.32. The first kappa shape index (κ1) is 11.3. The molecular weight excluding hydrogens is 192 g/mol. The monoisotopic (exact) mass is 208 g/mol. The van der Waals surface area contributed by atoms with Crippen LogP contribution >= 0.6 is 0 Å². The smallest absolute Gasteiger partial charge is 0.219 e. The van der Waals surface area contributed by atoms with Crippen LogP contribution in [-0.4, -0.2) is 16.4 Å². The van der Waals surface area contributed by atoms with Crippen LogP contribution in [-0.2, 0) is 4.79 Å². The molecule has 0 unspecified atom stereocenters. The molecule has 1 rings (SSSR count). The topological polar surface area (TPSA) is 94.0 Å². The van der Waals surface area contributed by atoms with Gasteiger partial charge in [0.15, 0.2) is 0 Å². The van der Waals surface area contributed by atoms with Crippen LogP contribution in [0, 0.1) is 0 Å². The molecule has 0 saturated heterocycles. The zero-order chi connectivity index (χ0) is 11.5. The second-order valence-corrected chi connectivity index (χ2v) is 4.09. The van der Waals surface area contributed by atoms with Crippen LogP contribution in [0.5, 0.6) is 0 Å². The fraction of sp³-hybridized carbons (Fsp3) is 0.400. The molecule has 5 N–H and O–H groups in total. The minimum atomic E-state index is -0.450. The number of anilines is 2. The Labute approximate surface area is 88.9 Å². The summed E-state index contributed by atoms with van der Waals surface area (Å²) in [4.78, 5) is 14.9. The lowest BCUT2D eigenvalue weighted by Gasteiger charge is -2.25. The number of primary amides is 1. The van der Waals surface area contributed by atoms with Crippen molar-refractivity contribution < 1.29 is 4.79 Å². The molecule has 5 nitrogen and oxygen atoms in total. The fourth-order valence-electron chi connectivity index (χ4n) is 1.32. The van der Waals surface area contributed by atoms with E-state index in [9.17, 15) is 4.79 Å². The summed E-state index contributed by atoms with van der Waals surface area (Å²) in [5.41, 5.74) is 11.0. The molecule has 82 valence electrons. The number of nitrogens with zero attached hydrogens (tertiary/aromatic N) is 1. The number of aromatic nitrogens is 1. The lowest BCUT2D eigenvalue weighted by Crippen LogP contribution is -2.36. The molecule has 0 radical (unpaired) electrons. The first-order valence-corrected chi connectivity index (χ1v) is 4.68. The van der Waals surface area contributed by atoms with Gasteiger partial charge in [0.25, 0.3) is 0 Å². The SMILES string of the molecule is CC(C)(CC(N)=O)Nc1ncccc1N. The number of carbonyl (C=O) groups is 1. The largest absolute Gasteiger partial charge is 0.396 e. The van der Waals surface area contributed by atoms with E-state index < -0.39 is 5.54 Å². The Bertz CT molecular complexity index is 362. The van der Waals surface area contributed by atoms with Gasteiger partial charge < -0.3 is 16.8 Å². The highest BCUT2D eigenvalue weighted by atomic mass is 16.1. The summed E-state index contributed by atoms with van der Waals surface area (Å²) in [6.07, 6.45) is 1.86. The van der Waals surface area contributed by atoms with Crippen LogP contribution in [0.4, 0.5) is 11.5 Å². The normalized spacial score (nSPS) is 11.1. The van der Waals surface area contributed by atoms with Gasteiger partial charge in [-0.2, -0.15) is 0 Å². The Morgan fingerprint density at radius 3 is 2.80 bits per heavy atom. The molecule has 0 aliphatic heterocycles. The van der Waals surface area contributed by atoms with Gasteiger partial charge in [0, 0.05) is 18.2 Å². The maximum atomic E-state index is 10.8. The Morgan fingerprint density at radius 1 is 1.60 bits per heavy atom. The van der Waals surface area contributed by atoms with Crippen molar-refractivity contribution in [2.24, 2.45) is 5.73 Å². The van der Waals surface area contributed by atoms with Crippen molar-refractivity contribution in [3.8, 4) is 0 Å². The van der Waals surface area contributed by atoms with E-state index in [0.29, 0.717) is 11.5 Å². The molecule has 0 aliphatic rings. The van der Waals surface area contributed by atoms with Crippen molar-refractivity contribution in [2.75, 3.05) is 11.1 Å². The number of nitrogens with one attached hydrogen (secondary N) is 1. The zero-order valence-corrected chi connectivity index (χ0v) is 8.95. The van der Waals surface area contributed by atoms with Crippen LogP contribution in [0.2, 0.25) is 0 Å². The molecule has 1 aromatic rings. The van der Waals surface area contributed by atoms with E-state index in [1.165, 1.54) is 0 Å². The maximum Gasteiger partial charge on any atom is 0.219 e. The summed E-state index contributed by atoms with van der Waals surface area (Å²) >= 11 is 0. The van der Waals surface area contributed by atoms with E-state index in [1.54, 1.807) is 18.3 Å². The van der Waals surface area contributed by atoms with Crippen molar-refractivity contribution >= 4 is 17.4 Å². The molecule has 1 aromatic heterocycles. The highest BCUT2D eigenvalue weighted by Gasteiger charge is 2.21. The third kappa shape index (κ3) is 3.46. The van der Waals surface area contributed by atoms with Gasteiger partial charge >= 0.3 is 0 Å². The first-order chi connectivity index (χ1) is 6.91. The highest BCUT2D eigenvalue weighted by molar-refractivity contribution is 5.76. The van der Waals surface area contributed by atoms with Gasteiger partial charge in [-0.05, 0) is 26.0 Å². The van der Waals surface area contributed by atoms with Crippen LogP contribution < -0.4 is 16.8 Å². The quantitative estimate of drug-likeness (QED) is 0.679. The summed E-state index contributed by atoms with van der Waals surface area (Å²) in [5, 5.41) is 3.08. The molecule has 1 amide bonds. The molecule has 5 heteroatoms. The molecule has 1 heterocycles. The third-order valence-electron chi connectivity index (χ3n) is 1.91. The molecule has 0 bridgehead atoms. The maximum absolute atomic E-state index is 10.8. The predicted molar refractivity (Wildman–Crippen MR) is 60.2 cm³/mol. The van der Waals surface area contributed by atoms with Crippen molar-refractivity contribution in [1.29, 1.82) is 0 Å². The lowest BCUT2D eigenvalue weighted by molar-refractivity contribution is -0.118. The van der Waals surface area contributed by atoms with Crippen LogP contribution in [0.25, 0.3) is 0 Å². The van der Waals surface area contributed by atoms with Crippen molar-refractivity contribution in [3.05, 3.63) is 18.3 Å². The Morgan fingerprint density at radius 2 is 2.27 bits per heavy atom. The van der Waals surface area contributed by atoms with E-state index in [-0.39, 0.29) is 12.3 Å². The first-order valence-electron chi connectivity index (χ1n) is 4.68. The second-order valence-electron chi connectivity index (χ2n) is 4.09. The highest BCUT2D eigenvalue weighted by Crippen LogP contribution is 2.20. The molecule has 0 atom stereocenters. The van der Waals surface area contributed by atoms with Crippen molar-refractivity contribution in [2.45, 2.75) is 25.8 Å². The van der Waals surface area contributed by atoms with E-state index in [1.807, 2.05) is 13.8 Å². The summed E-state index contributed by atoms with van der Waals surface area (Å²) in [5.74, 6) is 0.214. The molecule has 0 fully saturated rings. The number of hydrogen-bond donors (Lipinski definition) is 3. The summed E-state index contributed by atoms with van der Waals surface area (Å²) < 4.78 is 0. The lowest BCUT2D eigenvalue weighted by atomic mass is 10.0. The molecule has 0 saturated carbocycles. The number of hydrogen-bond acceptors (Lipinski definition) is 4. The van der Waals surface area contributed by atoms with Gasteiger partial charge in [0.2, 0.25) is 5.91 Å². The summed E-state index contributed by atoms with van der Waals surface area (Å²) in [7, 11) is 0. The number of carbonyl (C=O) groups excluding carboxylic acids is 1. The second kappa shape index (κ2) is 4.16. The number of amides is 1. The predicted octanol–water partition coefficient (Wildman–Crippen LogP) is 0.730. The Hall–Kier alpha value is -1.78. The van der Waals surface area contributed by atoms with Gasteiger partial charge in [-0.15, -0.1) is 0 Å². The van der Waals surface area contributed by atoms with Crippen LogP contribution in [0.15, 0.2) is 18.3 Å². The summed E-state index contributed by atoms with van der Waals surface area (Å²) in [6.45, 7) is 3.73. The van der Waals surface area contributed by atoms with Gasteiger partial charge in [-0.25, -0.2) is 4.98 Å². The Kier molecular flexibility index (Phi) is 3.14. The number of nitrogen functional groups attached to an aromatic ring is 1. The van der Waals surface area contributed by atoms with Gasteiger partial charge in [0.05, 0.1) is 5.69 Å². The number of nitrogens with two attached hydrogens (primary N) is 2. The average molecular weight is 208 g/mol. The van der Waals surface area contributed by atoms with E-state index in [2.05, 4.69) is 10.3 Å². The minimum absolute atomic E-state index is 0.225. The van der Waals surface area contributed by atoms with E-state index >= 15 is 0 Å². The zero-order valence-electron chi connectivity index (χ0n) is 8.95. The number of rotatable bonds is 4. The standard InChI is InChI=1S/C10H16N4O/c1-10(2,6-8(12)15)14-9-7(11)4-3-5-13-9/h3-5H,6,11H2,1-2H3,(H2,12,15)(H,13,14). The number of pyridine rings is 1. The molecule has 0 aromatic carbocycles. The van der Waals surface area contributed by atoms with Crippen LogP contribution in [0.3, 0.4) is 0 Å². The Balaban J connectivity index is 2.77. The van der Waals surface area contributed by atoms with Crippen molar-refractivity contribution in [3.63, 3.8) is 0 Å². The van der Waals surface area contributed by atoms with E-state index in [0.717, 1.165) is 0 Å². The van der Waals surface area contributed by atoms with Crippen LogP contribution in [0.1, 0.15) is 20.3 Å². The van der Waals surface area contributed by atoms with Gasteiger partial charge in [-0.1, -0.05) is 0 Å². The van der Waals surface area contributed by atoms with Gasteiger partial charge in [0.1, 0.15) is 5.82 Å². The molecule has 15 heavy (non-hydrogen) atoms. The van der Waals surface area contributed by atoms with Crippen molar-refractivity contribution in [1.82, 2.24) is 4.98 Å². The van der Waals surface area contributed by atoms with Gasteiger partial charge in [-0.3, -0.25) is 4.79 Å². The van der Waals surface area contributed by atoms with E-state index in [4.69, 9.17) is 11.5 Å². The molecule has 0 spiro atoms. The average Bonchev–Trinajstić information content (AvgIpc) is 2.06. The summed E-state index contributed by atoms with van der Waals surface area (Å²) in [6, 6.07) is 3.50. The third-order valence-corrected chi connectivity index (χ3v) is 1.91. The minimum Gasteiger partial charge on any atom is -0.396 e.